The number of rotatable bonds is 13. The van der Waals surface area contributed by atoms with Crippen molar-refractivity contribution in [1.82, 2.24) is 75.4 Å². The summed E-state index contributed by atoms with van der Waals surface area (Å²) in [5.41, 5.74) is 3.80. The number of aliphatic hydroxyl groups excluding tert-OH is 1. The molecule has 0 atom stereocenters. The highest BCUT2D eigenvalue weighted by Crippen LogP contribution is 2.38. The van der Waals surface area contributed by atoms with E-state index in [0.717, 1.165) is 74.4 Å². The minimum absolute atomic E-state index is 0.0226. The molecule has 0 saturated heterocycles. The van der Waals surface area contributed by atoms with Gasteiger partial charge in [-0.15, -0.1) is 0 Å². The van der Waals surface area contributed by atoms with Gasteiger partial charge in [-0.3, -0.25) is 30.3 Å². The summed E-state index contributed by atoms with van der Waals surface area (Å²) in [7, 11) is 0. The number of nitrogens with two attached hydrogens (primary N) is 1. The van der Waals surface area contributed by atoms with E-state index in [0.29, 0.717) is 45.5 Å². The van der Waals surface area contributed by atoms with E-state index in [9.17, 15) is 78.6 Å². The van der Waals surface area contributed by atoms with Gasteiger partial charge in [0.1, 0.15) is 46.3 Å². The smallest absolute Gasteiger partial charge is 0.346 e. The third kappa shape index (κ3) is 22.3. The van der Waals surface area contributed by atoms with Crippen molar-refractivity contribution in [3.05, 3.63) is 240 Å². The van der Waals surface area contributed by atoms with Crippen molar-refractivity contribution in [3.8, 4) is 40.0 Å². The number of ether oxygens (including phenoxy) is 3. The Morgan fingerprint density at radius 3 is 0.990 bits per heavy atom. The van der Waals surface area contributed by atoms with E-state index in [1.54, 1.807) is 36.9 Å². The number of halogens is 12. The second-order valence-corrected chi connectivity index (χ2v) is 21.1. The summed E-state index contributed by atoms with van der Waals surface area (Å²) in [6, 6.07) is 12.3. The predicted molar refractivity (Wildman–Crippen MR) is 323 cm³/mol. The molecule has 4 saturated carbocycles. The lowest BCUT2D eigenvalue weighted by molar-refractivity contribution is -0.390. The first-order valence-electron chi connectivity index (χ1n) is 28.4. The molecule has 0 amide bonds. The van der Waals surface area contributed by atoms with Gasteiger partial charge in [-0.2, -0.15) is 97.3 Å². The summed E-state index contributed by atoms with van der Waals surface area (Å²) < 4.78 is 157. The Morgan fingerprint density at radius 2 is 0.667 bits per heavy atom. The molecular formula is C58H47BrF11N19O10. The van der Waals surface area contributed by atoms with Crippen LogP contribution in [0.25, 0.3) is 22.7 Å². The number of nitrogens with one attached hydrogen (secondary N) is 1. The molecule has 0 bridgehead atoms. The Morgan fingerprint density at radius 1 is 0.394 bits per heavy atom. The van der Waals surface area contributed by atoms with Crippen molar-refractivity contribution >= 4 is 38.7 Å². The van der Waals surface area contributed by atoms with Crippen LogP contribution in [0.4, 0.5) is 71.0 Å². The average Bonchev–Trinajstić information content (AvgIpc) is 1.71. The van der Waals surface area contributed by atoms with Gasteiger partial charge in [-0.05, 0) is 67.3 Å². The molecule has 0 spiro atoms. The molecule has 4 fully saturated rings. The lowest BCUT2D eigenvalue weighted by Gasteiger charge is -2.10. The standard InChI is InChI=1S/C11H9BrFN3O.C11H9FN4O3.C11H11FN4O.C8H4F2N4O2.C6H2F3NO2.C6H3F3.C3H6O.C2H3N3/c12-11-9(13)5-7(16-14-3-4-15-16)6-10(11)17-8-1-2-8;12-9-5-7(15-13-3-4-14-15)6-10(11(9)16(17)18)19-8-1-2-8;12-9-5-7(16-14-3-4-15-16)6-10(11(9)13)17-8-1-2-8;9-6-3-5(13-11-1-2-12-13)4-7(10)8(6)14(15)16;7-3-1-4(8)6(10(11)12)5(9)2-3;7-4-1-5(8)3-6(9)2-4;4-3-1-2-3;1-2-4-5-3-1/h3-6,8H,1-2H2;3-6,8H,1-2H2;3-6,8H,1-2,13H2;1-4H;1-2H;1-3H;3-4H,1-2H2;1-2H,(H,3,4,5). The molecule has 5 aromatic heterocycles. The Balaban J connectivity index is 0.000000149. The minimum Gasteiger partial charge on any atom is -0.489 e. The summed E-state index contributed by atoms with van der Waals surface area (Å²) in [6.07, 6.45) is 23.0. The molecule has 15 rings (SSSR count). The third-order valence-corrected chi connectivity index (χ3v) is 13.1. The van der Waals surface area contributed by atoms with Crippen LogP contribution in [0, 0.1) is 94.3 Å². The SMILES string of the molecule is Fc1cc(-n2nccn2)cc(OC2CC2)c1Br.Fc1cc(F)cc(F)c1.Nc1c(F)cc(-n2nccn2)cc1OC1CC1.O=[N+]([O-])c1c(F)cc(-n2nccn2)cc1F.O=[N+]([O-])c1c(F)cc(-n2nccn2)cc1OC1CC1.O=[N+]([O-])c1c(F)cc(F)cc1F.OC1CC1.c1cn[nH]n1. The predicted octanol–water partition coefficient (Wildman–Crippen LogP) is 11.6. The van der Waals surface area contributed by atoms with Gasteiger partial charge in [0.2, 0.25) is 34.8 Å². The Hall–Kier alpha value is -11.9. The van der Waals surface area contributed by atoms with Gasteiger partial charge in [0.25, 0.3) is 0 Å². The zero-order chi connectivity index (χ0) is 71.4. The number of hydrogen-bond donors (Lipinski definition) is 3. The van der Waals surface area contributed by atoms with Crippen molar-refractivity contribution in [2.45, 2.75) is 75.8 Å². The highest BCUT2D eigenvalue weighted by molar-refractivity contribution is 9.10. The lowest BCUT2D eigenvalue weighted by Crippen LogP contribution is -2.06. The van der Waals surface area contributed by atoms with Crippen LogP contribution in [0.2, 0.25) is 0 Å². The fourth-order valence-corrected chi connectivity index (χ4v) is 7.61. The van der Waals surface area contributed by atoms with Gasteiger partial charge in [-0.25, -0.2) is 26.3 Å². The fraction of sp³-hybridized carbons (Fsp3) is 0.207. The van der Waals surface area contributed by atoms with Gasteiger partial charge in [-0.1, -0.05) is 0 Å². The maximum atomic E-state index is 13.8. The fourth-order valence-electron chi connectivity index (χ4n) is 7.29. The number of aliphatic hydroxyl groups is 1. The van der Waals surface area contributed by atoms with E-state index >= 15 is 0 Å². The van der Waals surface area contributed by atoms with Gasteiger partial charge in [0.05, 0.1) is 128 Å². The molecule has 0 unspecified atom stereocenters. The maximum absolute atomic E-state index is 13.8. The van der Waals surface area contributed by atoms with Crippen LogP contribution in [-0.2, 0) is 0 Å². The van der Waals surface area contributed by atoms with Crippen molar-refractivity contribution in [3.63, 3.8) is 0 Å². The molecule has 0 aliphatic heterocycles. The molecular weight excluding hydrogens is 1410 g/mol. The van der Waals surface area contributed by atoms with Crippen LogP contribution in [0.3, 0.4) is 0 Å². The molecule has 518 valence electrons. The molecule has 0 radical (unpaired) electrons. The Bertz CT molecular complexity index is 4270. The molecule has 11 aromatic rings. The monoisotopic (exact) mass is 1460 g/mol. The van der Waals surface area contributed by atoms with Crippen LogP contribution < -0.4 is 19.9 Å². The van der Waals surface area contributed by atoms with E-state index in [1.165, 1.54) is 69.8 Å². The Labute approximate surface area is 555 Å². The third-order valence-electron chi connectivity index (χ3n) is 12.4. The van der Waals surface area contributed by atoms with Crippen LogP contribution in [-0.4, -0.2) is 120 Å². The lowest BCUT2D eigenvalue weighted by atomic mass is 10.2. The molecule has 29 nitrogen and oxygen atoms in total. The van der Waals surface area contributed by atoms with Crippen LogP contribution >= 0.6 is 15.9 Å². The zero-order valence-electron chi connectivity index (χ0n) is 50.1. The summed E-state index contributed by atoms with van der Waals surface area (Å²) in [4.78, 5) is 32.8. The van der Waals surface area contributed by atoms with Crippen molar-refractivity contribution in [1.29, 1.82) is 0 Å². The van der Waals surface area contributed by atoms with Gasteiger partial charge >= 0.3 is 17.1 Å². The number of nitrogen functional groups attached to an aromatic ring is 1. The second kappa shape index (κ2) is 34.2. The summed E-state index contributed by atoms with van der Waals surface area (Å²) in [6.45, 7) is 0. The first-order chi connectivity index (χ1) is 47.3. The normalized spacial score (nSPS) is 13.1. The topological polar surface area (TPSA) is 368 Å². The molecule has 4 N–H and O–H groups in total. The van der Waals surface area contributed by atoms with Gasteiger partial charge in [0, 0.05) is 78.9 Å². The van der Waals surface area contributed by atoms with Gasteiger partial charge < -0.3 is 25.1 Å². The molecule has 5 heterocycles. The van der Waals surface area contributed by atoms with E-state index in [-0.39, 0.29) is 65.2 Å². The number of nitro benzene ring substituents is 3. The quantitative estimate of drug-likeness (QED) is 0.0418. The van der Waals surface area contributed by atoms with E-state index in [4.69, 9.17) is 25.1 Å². The van der Waals surface area contributed by atoms with E-state index in [1.807, 2.05) is 0 Å². The van der Waals surface area contributed by atoms with E-state index in [2.05, 4.69) is 72.1 Å². The highest BCUT2D eigenvalue weighted by atomic mass is 79.9. The van der Waals surface area contributed by atoms with Crippen molar-refractivity contribution < 1.29 is 82.4 Å². The molecule has 41 heteroatoms. The van der Waals surface area contributed by atoms with Crippen molar-refractivity contribution in [2.24, 2.45) is 0 Å². The van der Waals surface area contributed by atoms with E-state index < -0.39 is 90.0 Å². The number of aromatic amines is 1. The highest BCUT2D eigenvalue weighted by Gasteiger charge is 2.32. The largest absolute Gasteiger partial charge is 0.489 e. The number of nitrogens with zero attached hydrogens (tertiary/aromatic N) is 17. The van der Waals surface area contributed by atoms with Crippen LogP contribution in [0.15, 0.2) is 145 Å². The van der Waals surface area contributed by atoms with Crippen LogP contribution in [0.5, 0.6) is 17.2 Å². The first kappa shape index (κ1) is 72.9. The number of nitro groups is 3. The van der Waals surface area contributed by atoms with Crippen LogP contribution in [0.1, 0.15) is 51.4 Å². The van der Waals surface area contributed by atoms with Crippen molar-refractivity contribution in [2.75, 3.05) is 5.73 Å². The number of H-pyrrole nitrogens is 1. The first-order valence-corrected chi connectivity index (χ1v) is 29.2. The zero-order valence-corrected chi connectivity index (χ0v) is 51.7. The average molecular weight is 1460 g/mol. The van der Waals surface area contributed by atoms with Gasteiger partial charge in [0.15, 0.2) is 5.82 Å². The minimum atomic E-state index is -1.52. The number of aromatic nitrogens is 15. The number of hydrogen-bond acceptors (Lipinski definition) is 21. The number of anilines is 1. The molecule has 6 aromatic carbocycles. The molecule has 4 aliphatic carbocycles. The second-order valence-electron chi connectivity index (χ2n) is 20.3. The molecule has 4 aliphatic rings. The number of benzene rings is 6. The maximum Gasteiger partial charge on any atom is 0.346 e. The summed E-state index contributed by atoms with van der Waals surface area (Å²) in [5, 5.41) is 79.5. The molecule has 99 heavy (non-hydrogen) atoms. The summed E-state index contributed by atoms with van der Waals surface area (Å²) >= 11 is 3.18. The Kier molecular flexibility index (Phi) is 25.2. The summed E-state index contributed by atoms with van der Waals surface area (Å²) in [5.74, 6) is -10.5.